The summed E-state index contributed by atoms with van der Waals surface area (Å²) in [5.74, 6) is -0.993. The van der Waals surface area contributed by atoms with Crippen molar-refractivity contribution in [2.75, 3.05) is 0 Å². The summed E-state index contributed by atoms with van der Waals surface area (Å²) in [6, 6.07) is 12.5. The minimum atomic E-state index is -0.993. The number of benzene rings is 1. The SMILES string of the molecule is Cc1cccc(=O)n1Cc1ccccc1C=CC(=O)O. The third kappa shape index (κ3) is 3.23. The Morgan fingerprint density at radius 2 is 1.95 bits per heavy atom. The molecule has 1 heterocycles. The number of aryl methyl sites for hydroxylation is 1. The normalized spacial score (nSPS) is 10.8. The van der Waals surface area contributed by atoms with Gasteiger partial charge in [0.05, 0.1) is 6.54 Å². The summed E-state index contributed by atoms with van der Waals surface area (Å²) >= 11 is 0. The molecule has 0 aliphatic heterocycles. The lowest BCUT2D eigenvalue weighted by molar-refractivity contribution is -0.131. The Morgan fingerprint density at radius 1 is 1.20 bits per heavy atom. The predicted octanol–water partition coefficient (Wildman–Crippen LogP) is 2.30. The molecular weight excluding hydrogens is 254 g/mol. The fourth-order valence-electron chi connectivity index (χ4n) is 2.00. The highest BCUT2D eigenvalue weighted by Crippen LogP contribution is 2.12. The summed E-state index contributed by atoms with van der Waals surface area (Å²) in [7, 11) is 0. The molecule has 1 aromatic heterocycles. The summed E-state index contributed by atoms with van der Waals surface area (Å²) in [6.07, 6.45) is 2.64. The summed E-state index contributed by atoms with van der Waals surface area (Å²) < 4.78 is 1.66. The molecule has 0 spiro atoms. The van der Waals surface area contributed by atoms with Gasteiger partial charge in [-0.3, -0.25) is 4.79 Å². The van der Waals surface area contributed by atoms with Crippen LogP contribution in [-0.2, 0) is 11.3 Å². The van der Waals surface area contributed by atoms with Gasteiger partial charge in [-0.2, -0.15) is 0 Å². The van der Waals surface area contributed by atoms with Gasteiger partial charge in [0.1, 0.15) is 0 Å². The van der Waals surface area contributed by atoms with Crippen LogP contribution in [0, 0.1) is 6.92 Å². The van der Waals surface area contributed by atoms with Crippen molar-refractivity contribution < 1.29 is 9.90 Å². The first-order chi connectivity index (χ1) is 9.58. The molecule has 20 heavy (non-hydrogen) atoms. The fourth-order valence-corrected chi connectivity index (χ4v) is 2.00. The van der Waals surface area contributed by atoms with Crippen LogP contribution in [0.5, 0.6) is 0 Å². The van der Waals surface area contributed by atoms with E-state index in [4.69, 9.17) is 5.11 Å². The molecule has 0 fully saturated rings. The van der Waals surface area contributed by atoms with Crippen LogP contribution in [0.2, 0.25) is 0 Å². The lowest BCUT2D eigenvalue weighted by Crippen LogP contribution is -2.21. The minimum absolute atomic E-state index is 0.0676. The second-order valence-electron chi connectivity index (χ2n) is 4.46. The van der Waals surface area contributed by atoms with E-state index in [0.29, 0.717) is 6.54 Å². The highest BCUT2D eigenvalue weighted by atomic mass is 16.4. The van der Waals surface area contributed by atoms with Gasteiger partial charge >= 0.3 is 5.97 Å². The van der Waals surface area contributed by atoms with Gasteiger partial charge in [0.2, 0.25) is 0 Å². The molecule has 0 bridgehead atoms. The number of pyridine rings is 1. The molecule has 0 saturated heterocycles. The monoisotopic (exact) mass is 269 g/mol. The standard InChI is InChI=1S/C16H15NO3/c1-12-5-4-8-15(18)17(12)11-14-7-3-2-6-13(14)9-10-16(19)20/h2-10H,11H2,1H3,(H,19,20). The molecular formula is C16H15NO3. The maximum atomic E-state index is 11.9. The Morgan fingerprint density at radius 3 is 2.65 bits per heavy atom. The fraction of sp³-hybridized carbons (Fsp3) is 0.125. The lowest BCUT2D eigenvalue weighted by Gasteiger charge is -2.11. The number of carboxylic acid groups (broad SMARTS) is 1. The van der Waals surface area contributed by atoms with E-state index in [1.165, 1.54) is 6.07 Å². The van der Waals surface area contributed by atoms with Gasteiger partial charge < -0.3 is 9.67 Å². The smallest absolute Gasteiger partial charge is 0.328 e. The quantitative estimate of drug-likeness (QED) is 0.866. The Bertz CT molecular complexity index is 714. The molecule has 0 aliphatic carbocycles. The maximum absolute atomic E-state index is 11.9. The van der Waals surface area contributed by atoms with E-state index in [1.807, 2.05) is 37.3 Å². The van der Waals surface area contributed by atoms with Crippen LogP contribution in [0.15, 0.2) is 53.3 Å². The average molecular weight is 269 g/mol. The van der Waals surface area contributed by atoms with Gasteiger partial charge in [0, 0.05) is 17.8 Å². The van der Waals surface area contributed by atoms with Crippen LogP contribution in [0.1, 0.15) is 16.8 Å². The first-order valence-corrected chi connectivity index (χ1v) is 6.23. The van der Waals surface area contributed by atoms with E-state index in [9.17, 15) is 9.59 Å². The lowest BCUT2D eigenvalue weighted by atomic mass is 10.1. The van der Waals surface area contributed by atoms with Gasteiger partial charge in [0.25, 0.3) is 5.56 Å². The Hall–Kier alpha value is -2.62. The predicted molar refractivity (Wildman–Crippen MR) is 77.7 cm³/mol. The number of carboxylic acids is 1. The first kappa shape index (κ1) is 13.8. The highest BCUT2D eigenvalue weighted by molar-refractivity contribution is 5.85. The second kappa shape index (κ2) is 6.02. The molecule has 0 aliphatic rings. The van der Waals surface area contributed by atoms with Crippen molar-refractivity contribution in [2.24, 2.45) is 0 Å². The topological polar surface area (TPSA) is 59.3 Å². The minimum Gasteiger partial charge on any atom is -0.478 e. The number of hydrogen-bond donors (Lipinski definition) is 1. The zero-order valence-electron chi connectivity index (χ0n) is 11.1. The van der Waals surface area contributed by atoms with Gasteiger partial charge in [-0.15, -0.1) is 0 Å². The number of hydrogen-bond acceptors (Lipinski definition) is 2. The average Bonchev–Trinajstić information content (AvgIpc) is 2.42. The number of carbonyl (C=O) groups is 1. The van der Waals surface area contributed by atoms with E-state index in [1.54, 1.807) is 16.7 Å². The number of aromatic nitrogens is 1. The van der Waals surface area contributed by atoms with Gasteiger partial charge in [0.15, 0.2) is 0 Å². The molecule has 0 saturated carbocycles. The van der Waals surface area contributed by atoms with Gasteiger partial charge in [-0.1, -0.05) is 30.3 Å². The van der Waals surface area contributed by atoms with Crippen molar-refractivity contribution in [3.63, 3.8) is 0 Å². The van der Waals surface area contributed by atoms with Crippen molar-refractivity contribution in [2.45, 2.75) is 13.5 Å². The molecule has 0 unspecified atom stereocenters. The van der Waals surface area contributed by atoms with Crippen LogP contribution in [0.25, 0.3) is 6.08 Å². The summed E-state index contributed by atoms with van der Waals surface area (Å²) in [4.78, 5) is 22.5. The number of aliphatic carboxylic acids is 1. The third-order valence-corrected chi connectivity index (χ3v) is 3.06. The molecule has 4 nitrogen and oxygen atoms in total. The second-order valence-corrected chi connectivity index (χ2v) is 4.46. The maximum Gasteiger partial charge on any atom is 0.328 e. The van der Waals surface area contributed by atoms with Crippen molar-refractivity contribution in [1.82, 2.24) is 4.57 Å². The number of nitrogens with zero attached hydrogens (tertiary/aromatic N) is 1. The van der Waals surface area contributed by atoms with Crippen LogP contribution in [0.4, 0.5) is 0 Å². The Labute approximate surface area is 116 Å². The molecule has 2 aromatic rings. The molecule has 0 radical (unpaired) electrons. The molecule has 2 rings (SSSR count). The van der Waals surface area contributed by atoms with E-state index < -0.39 is 5.97 Å². The van der Waals surface area contributed by atoms with E-state index >= 15 is 0 Å². The highest BCUT2D eigenvalue weighted by Gasteiger charge is 2.04. The summed E-state index contributed by atoms with van der Waals surface area (Å²) in [6.45, 7) is 2.29. The molecule has 1 aromatic carbocycles. The third-order valence-electron chi connectivity index (χ3n) is 3.06. The van der Waals surface area contributed by atoms with Crippen molar-refractivity contribution >= 4 is 12.0 Å². The van der Waals surface area contributed by atoms with Crippen molar-refractivity contribution in [3.8, 4) is 0 Å². The van der Waals surface area contributed by atoms with Crippen LogP contribution >= 0.6 is 0 Å². The summed E-state index contributed by atoms with van der Waals surface area (Å²) in [5, 5.41) is 8.70. The summed E-state index contributed by atoms with van der Waals surface area (Å²) in [5.41, 5.74) is 2.50. The van der Waals surface area contributed by atoms with E-state index in [0.717, 1.165) is 22.9 Å². The Kier molecular flexibility index (Phi) is 4.15. The Balaban J connectivity index is 2.39. The molecule has 102 valence electrons. The van der Waals surface area contributed by atoms with E-state index in [2.05, 4.69) is 0 Å². The molecule has 4 heteroatoms. The van der Waals surface area contributed by atoms with Crippen LogP contribution in [0.3, 0.4) is 0 Å². The number of rotatable bonds is 4. The largest absolute Gasteiger partial charge is 0.478 e. The van der Waals surface area contributed by atoms with Crippen molar-refractivity contribution in [3.05, 3.63) is 75.7 Å². The van der Waals surface area contributed by atoms with Gasteiger partial charge in [-0.05, 0) is 30.2 Å². The van der Waals surface area contributed by atoms with Gasteiger partial charge in [-0.25, -0.2) is 4.79 Å². The van der Waals surface area contributed by atoms with Crippen LogP contribution in [-0.4, -0.2) is 15.6 Å². The van der Waals surface area contributed by atoms with E-state index in [-0.39, 0.29) is 5.56 Å². The zero-order valence-corrected chi connectivity index (χ0v) is 11.1. The molecule has 1 N–H and O–H groups in total. The zero-order chi connectivity index (χ0) is 14.5. The van der Waals surface area contributed by atoms with Crippen LogP contribution < -0.4 is 5.56 Å². The molecule has 0 amide bonds. The molecule has 0 atom stereocenters. The van der Waals surface area contributed by atoms with Crippen molar-refractivity contribution in [1.29, 1.82) is 0 Å². The first-order valence-electron chi connectivity index (χ1n) is 6.23.